The quantitative estimate of drug-likeness (QED) is 0.531. The summed E-state index contributed by atoms with van der Waals surface area (Å²) >= 11 is 8.40. The summed E-state index contributed by atoms with van der Waals surface area (Å²) in [5.74, 6) is 1.000. The van der Waals surface area contributed by atoms with Crippen molar-refractivity contribution in [2.45, 2.75) is 19.6 Å². The summed E-state index contributed by atoms with van der Waals surface area (Å²) in [6, 6.07) is 10.9. The van der Waals surface area contributed by atoms with Crippen LogP contribution in [-0.4, -0.2) is 17.1 Å². The number of halogens is 1. The van der Waals surface area contributed by atoms with Crippen LogP contribution in [0.3, 0.4) is 0 Å². The molecule has 0 aliphatic heterocycles. The molecule has 0 radical (unpaired) electrons. The number of hydrogen-bond acceptors (Lipinski definition) is 4. The highest BCUT2D eigenvalue weighted by Gasteiger charge is 2.14. The van der Waals surface area contributed by atoms with Crippen molar-refractivity contribution >= 4 is 39.2 Å². The van der Waals surface area contributed by atoms with E-state index in [9.17, 15) is 4.79 Å². The number of furan rings is 1. The number of ether oxygens (including phenoxy) is 1. The Balaban J connectivity index is 1.72. The van der Waals surface area contributed by atoms with Crippen LogP contribution >= 0.6 is 28.1 Å². The summed E-state index contributed by atoms with van der Waals surface area (Å²) in [7, 11) is 0. The molecular weight excluding hydrogens is 382 g/mol. The van der Waals surface area contributed by atoms with Gasteiger partial charge in [-0.05, 0) is 49.5 Å². The molecule has 122 valence electrons. The maximum Gasteiger partial charge on any atom is 0.279 e. The minimum atomic E-state index is -0.676. The van der Waals surface area contributed by atoms with Gasteiger partial charge in [0.25, 0.3) is 5.91 Å². The minimum absolute atomic E-state index is 0.282. The number of hydrogen-bond donors (Lipinski definition) is 3. The number of amides is 1. The van der Waals surface area contributed by atoms with Gasteiger partial charge in [0.2, 0.25) is 0 Å². The molecule has 1 atom stereocenters. The van der Waals surface area contributed by atoms with Crippen molar-refractivity contribution in [2.75, 3.05) is 0 Å². The van der Waals surface area contributed by atoms with Crippen LogP contribution in [0.1, 0.15) is 12.7 Å². The maximum atomic E-state index is 12.0. The number of thiocarbonyl (C=S) groups is 1. The van der Waals surface area contributed by atoms with Crippen LogP contribution in [0.15, 0.2) is 51.6 Å². The molecule has 0 aliphatic rings. The molecule has 23 heavy (non-hydrogen) atoms. The van der Waals surface area contributed by atoms with Crippen LogP contribution < -0.4 is 20.9 Å². The third kappa shape index (κ3) is 5.91. The molecule has 1 amide bonds. The Kier molecular flexibility index (Phi) is 6.42. The lowest BCUT2D eigenvalue weighted by Crippen LogP contribution is -2.50. The lowest BCUT2D eigenvalue weighted by molar-refractivity contribution is -0.127. The fourth-order valence-corrected chi connectivity index (χ4v) is 2.14. The SMILES string of the molecule is C[C@H](Oc1cccc(Br)c1)C(=O)NNC(=S)NCc1ccco1. The standard InChI is InChI=1S/C15H16BrN3O3S/c1-10(22-12-5-2-4-11(16)8-12)14(20)18-19-15(23)17-9-13-6-3-7-21-13/h2-8,10H,9H2,1H3,(H,18,20)(H2,17,19,23)/t10-/m0/s1. The van der Waals surface area contributed by atoms with Gasteiger partial charge in [0.1, 0.15) is 11.5 Å². The number of nitrogens with one attached hydrogen (secondary N) is 3. The molecule has 0 saturated heterocycles. The van der Waals surface area contributed by atoms with Crippen molar-refractivity contribution < 1.29 is 13.9 Å². The topological polar surface area (TPSA) is 75.5 Å². The van der Waals surface area contributed by atoms with Crippen molar-refractivity contribution in [1.29, 1.82) is 0 Å². The van der Waals surface area contributed by atoms with Crippen molar-refractivity contribution in [3.8, 4) is 5.75 Å². The van der Waals surface area contributed by atoms with E-state index in [2.05, 4.69) is 32.1 Å². The molecule has 2 rings (SSSR count). The van der Waals surface area contributed by atoms with E-state index in [4.69, 9.17) is 21.4 Å². The fraction of sp³-hybridized carbons (Fsp3) is 0.200. The van der Waals surface area contributed by atoms with Crippen LogP contribution in [0.4, 0.5) is 0 Å². The summed E-state index contributed by atoms with van der Waals surface area (Å²) in [5.41, 5.74) is 5.10. The molecule has 8 heteroatoms. The van der Waals surface area contributed by atoms with Gasteiger partial charge in [-0.25, -0.2) is 0 Å². The van der Waals surface area contributed by atoms with Gasteiger partial charge in [0.15, 0.2) is 11.2 Å². The second kappa shape index (κ2) is 8.54. The molecule has 1 aromatic heterocycles. The van der Waals surface area contributed by atoms with Crippen molar-refractivity contribution in [1.82, 2.24) is 16.2 Å². The third-order valence-corrected chi connectivity index (χ3v) is 3.52. The average Bonchev–Trinajstić information content (AvgIpc) is 3.04. The Bertz CT molecular complexity index is 664. The van der Waals surface area contributed by atoms with Crippen molar-refractivity contribution in [2.24, 2.45) is 0 Å². The summed E-state index contributed by atoms with van der Waals surface area (Å²) in [5, 5.41) is 3.18. The molecule has 1 heterocycles. The lowest BCUT2D eigenvalue weighted by atomic mass is 10.3. The zero-order valence-electron chi connectivity index (χ0n) is 12.3. The Hall–Kier alpha value is -2.06. The fourth-order valence-electron chi connectivity index (χ4n) is 1.64. The van der Waals surface area contributed by atoms with Crippen LogP contribution in [0, 0.1) is 0 Å². The molecule has 0 aliphatic carbocycles. The molecule has 0 unspecified atom stereocenters. The molecule has 1 aromatic carbocycles. The van der Waals surface area contributed by atoms with Crippen molar-refractivity contribution in [3.63, 3.8) is 0 Å². The zero-order chi connectivity index (χ0) is 16.7. The van der Waals surface area contributed by atoms with Crippen molar-refractivity contribution in [3.05, 3.63) is 52.9 Å². The normalized spacial score (nSPS) is 11.4. The smallest absolute Gasteiger partial charge is 0.279 e. The number of benzene rings is 1. The Morgan fingerprint density at radius 2 is 2.17 bits per heavy atom. The van der Waals surface area contributed by atoms with Gasteiger partial charge >= 0.3 is 0 Å². The van der Waals surface area contributed by atoms with Gasteiger partial charge < -0.3 is 14.5 Å². The van der Waals surface area contributed by atoms with E-state index in [0.29, 0.717) is 12.3 Å². The maximum absolute atomic E-state index is 12.0. The van der Waals surface area contributed by atoms with Crippen LogP contribution in [0.5, 0.6) is 5.75 Å². The van der Waals surface area contributed by atoms with Gasteiger partial charge in [0.05, 0.1) is 12.8 Å². The minimum Gasteiger partial charge on any atom is -0.481 e. The molecule has 6 nitrogen and oxygen atoms in total. The van der Waals surface area contributed by atoms with E-state index in [1.807, 2.05) is 18.2 Å². The Labute approximate surface area is 147 Å². The number of rotatable bonds is 5. The summed E-state index contributed by atoms with van der Waals surface area (Å²) in [6.07, 6.45) is 0.903. The second-order valence-corrected chi connectivity index (χ2v) is 5.92. The number of hydrazine groups is 1. The first kappa shape index (κ1) is 17.3. The first-order chi connectivity index (χ1) is 11.0. The number of carbonyl (C=O) groups excluding carboxylic acids is 1. The molecular formula is C15H16BrN3O3S. The zero-order valence-corrected chi connectivity index (χ0v) is 14.7. The van der Waals surface area contributed by atoms with Gasteiger partial charge in [-0.15, -0.1) is 0 Å². The van der Waals surface area contributed by atoms with Crippen LogP contribution in [-0.2, 0) is 11.3 Å². The predicted molar refractivity (Wildman–Crippen MR) is 93.7 cm³/mol. The van der Waals surface area contributed by atoms with Gasteiger partial charge in [0, 0.05) is 4.47 Å². The predicted octanol–water partition coefficient (Wildman–Crippen LogP) is 2.50. The monoisotopic (exact) mass is 397 g/mol. The highest BCUT2D eigenvalue weighted by molar-refractivity contribution is 9.10. The molecule has 0 fully saturated rings. The summed E-state index contributed by atoms with van der Waals surface area (Å²) in [4.78, 5) is 12.0. The van der Waals surface area contributed by atoms with E-state index in [-0.39, 0.29) is 11.0 Å². The summed E-state index contributed by atoms with van der Waals surface area (Å²) in [6.45, 7) is 2.08. The largest absolute Gasteiger partial charge is 0.481 e. The number of carbonyl (C=O) groups is 1. The lowest BCUT2D eigenvalue weighted by Gasteiger charge is -2.16. The summed E-state index contributed by atoms with van der Waals surface area (Å²) < 4.78 is 11.6. The molecule has 0 bridgehead atoms. The molecule has 0 spiro atoms. The molecule has 3 N–H and O–H groups in total. The second-order valence-electron chi connectivity index (χ2n) is 4.59. The van der Waals surface area contributed by atoms with Gasteiger partial charge in [-0.3, -0.25) is 15.6 Å². The molecule has 2 aromatic rings. The Morgan fingerprint density at radius 3 is 2.87 bits per heavy atom. The first-order valence-corrected chi connectivity index (χ1v) is 8.03. The Morgan fingerprint density at radius 1 is 1.35 bits per heavy atom. The van der Waals surface area contributed by atoms with E-state index in [1.165, 1.54) is 0 Å². The molecule has 0 saturated carbocycles. The van der Waals surface area contributed by atoms with E-state index < -0.39 is 6.10 Å². The highest BCUT2D eigenvalue weighted by atomic mass is 79.9. The first-order valence-electron chi connectivity index (χ1n) is 6.83. The van der Waals surface area contributed by atoms with E-state index >= 15 is 0 Å². The van der Waals surface area contributed by atoms with E-state index in [0.717, 1.165) is 10.2 Å². The third-order valence-electron chi connectivity index (χ3n) is 2.78. The van der Waals surface area contributed by atoms with Gasteiger partial charge in [-0.2, -0.15) is 0 Å². The van der Waals surface area contributed by atoms with E-state index in [1.54, 1.807) is 31.4 Å². The van der Waals surface area contributed by atoms with Crippen LogP contribution in [0.2, 0.25) is 0 Å². The average molecular weight is 398 g/mol. The van der Waals surface area contributed by atoms with Gasteiger partial charge in [-0.1, -0.05) is 22.0 Å². The van der Waals surface area contributed by atoms with Crippen LogP contribution in [0.25, 0.3) is 0 Å². The highest BCUT2D eigenvalue weighted by Crippen LogP contribution is 2.18.